The lowest BCUT2D eigenvalue weighted by atomic mass is 9.79. The zero-order valence-electron chi connectivity index (χ0n) is 26.0. The van der Waals surface area contributed by atoms with Crippen LogP contribution in [0, 0.1) is 11.3 Å². The van der Waals surface area contributed by atoms with Crippen LogP contribution in [-0.2, 0) is 19.1 Å². The Bertz CT molecular complexity index is 1070. The maximum Gasteiger partial charge on any atom is 0.407 e. The minimum atomic E-state index is -1.05. The lowest BCUT2D eigenvalue weighted by Gasteiger charge is -2.34. The van der Waals surface area contributed by atoms with E-state index in [0.717, 1.165) is 18.4 Å². The number of benzene rings is 1. The Morgan fingerprint density at radius 1 is 1.12 bits per heavy atom. The van der Waals surface area contributed by atoms with Gasteiger partial charge in [0.05, 0.1) is 18.1 Å². The Balaban J connectivity index is 2.18. The Labute approximate surface area is 245 Å². The molecule has 0 fully saturated rings. The van der Waals surface area contributed by atoms with E-state index in [0.29, 0.717) is 12.2 Å². The SMILES string of the molecule is CCCCNC(=O)[C@H](C)C[C@H](O)[C@H](CC(C)(C)CC(=O)N1CC(C(=O)NC)c2ccccc21)NC(=O)OC(C)(C)C. The fraction of sp³-hybridized carbons (Fsp3) is 0.677. The third-order valence-corrected chi connectivity index (χ3v) is 7.27. The Kier molecular flexibility index (Phi) is 12.2. The Hall–Kier alpha value is -3.14. The molecular weight excluding hydrogens is 524 g/mol. The van der Waals surface area contributed by atoms with E-state index in [1.807, 2.05) is 45.0 Å². The van der Waals surface area contributed by atoms with Crippen LogP contribution in [0.2, 0.25) is 0 Å². The van der Waals surface area contributed by atoms with E-state index in [1.54, 1.807) is 39.6 Å². The molecule has 0 radical (unpaired) electrons. The molecule has 1 aliphatic rings. The van der Waals surface area contributed by atoms with E-state index in [2.05, 4.69) is 16.0 Å². The highest BCUT2D eigenvalue weighted by Crippen LogP contribution is 2.38. The van der Waals surface area contributed by atoms with Crippen LogP contribution < -0.4 is 20.9 Å². The van der Waals surface area contributed by atoms with Gasteiger partial charge in [0.15, 0.2) is 0 Å². The lowest BCUT2D eigenvalue weighted by Crippen LogP contribution is -2.49. The van der Waals surface area contributed by atoms with Crippen molar-refractivity contribution in [1.82, 2.24) is 16.0 Å². The first-order valence-corrected chi connectivity index (χ1v) is 14.6. The predicted octanol–water partition coefficient (Wildman–Crippen LogP) is 3.87. The van der Waals surface area contributed by atoms with Crippen LogP contribution in [0.3, 0.4) is 0 Å². The maximum atomic E-state index is 13.6. The molecule has 230 valence electrons. The third-order valence-electron chi connectivity index (χ3n) is 7.27. The average molecular weight is 575 g/mol. The van der Waals surface area contributed by atoms with Gasteiger partial charge < -0.3 is 30.7 Å². The first-order chi connectivity index (χ1) is 19.1. The molecule has 0 aliphatic carbocycles. The van der Waals surface area contributed by atoms with Gasteiger partial charge in [0.25, 0.3) is 0 Å². The van der Waals surface area contributed by atoms with Gasteiger partial charge in [-0.05, 0) is 57.1 Å². The summed E-state index contributed by atoms with van der Waals surface area (Å²) in [6.45, 7) is 13.7. The largest absolute Gasteiger partial charge is 0.444 e. The smallest absolute Gasteiger partial charge is 0.407 e. The van der Waals surface area contributed by atoms with Crippen LogP contribution in [0.4, 0.5) is 10.5 Å². The lowest BCUT2D eigenvalue weighted by molar-refractivity contribution is -0.125. The highest BCUT2D eigenvalue weighted by atomic mass is 16.6. The molecule has 0 saturated heterocycles. The highest BCUT2D eigenvalue weighted by molar-refractivity contribution is 6.00. The molecule has 1 aromatic rings. The number of aliphatic hydroxyl groups is 1. The number of nitrogens with zero attached hydrogens (tertiary/aromatic N) is 1. The van der Waals surface area contributed by atoms with Crippen LogP contribution in [0.1, 0.15) is 92.1 Å². The fourth-order valence-electron chi connectivity index (χ4n) is 5.15. The Morgan fingerprint density at radius 3 is 2.39 bits per heavy atom. The summed E-state index contributed by atoms with van der Waals surface area (Å²) >= 11 is 0. The number of ether oxygens (including phenoxy) is 1. The molecule has 4 amide bonds. The van der Waals surface area contributed by atoms with Crippen molar-refractivity contribution in [2.45, 2.75) is 104 Å². The summed E-state index contributed by atoms with van der Waals surface area (Å²) in [5.74, 6) is -1.37. The molecule has 4 N–H and O–H groups in total. The predicted molar refractivity (Wildman–Crippen MR) is 159 cm³/mol. The van der Waals surface area contributed by atoms with Gasteiger partial charge in [-0.2, -0.15) is 0 Å². The fourth-order valence-corrected chi connectivity index (χ4v) is 5.15. The first-order valence-electron chi connectivity index (χ1n) is 14.6. The summed E-state index contributed by atoms with van der Waals surface area (Å²) in [7, 11) is 1.58. The summed E-state index contributed by atoms with van der Waals surface area (Å²) in [6, 6.07) is 6.64. The second-order valence-corrected chi connectivity index (χ2v) is 12.9. The molecule has 10 heteroatoms. The van der Waals surface area contributed by atoms with Crippen molar-refractivity contribution in [3.63, 3.8) is 0 Å². The van der Waals surface area contributed by atoms with E-state index < -0.39 is 41.1 Å². The molecule has 0 bridgehead atoms. The van der Waals surface area contributed by atoms with Crippen molar-refractivity contribution in [1.29, 1.82) is 0 Å². The number of alkyl carbamates (subject to hydrolysis) is 1. The minimum Gasteiger partial charge on any atom is -0.444 e. The number of anilines is 1. The molecule has 4 atom stereocenters. The number of unbranched alkanes of at least 4 members (excludes halogenated alkanes) is 1. The van der Waals surface area contributed by atoms with Crippen LogP contribution in [0.5, 0.6) is 0 Å². The summed E-state index contributed by atoms with van der Waals surface area (Å²) in [4.78, 5) is 53.0. The molecule has 41 heavy (non-hydrogen) atoms. The Morgan fingerprint density at radius 2 is 1.78 bits per heavy atom. The van der Waals surface area contributed by atoms with Crippen molar-refractivity contribution in [3.8, 4) is 0 Å². The molecule has 1 aromatic carbocycles. The van der Waals surface area contributed by atoms with Gasteiger partial charge in [-0.25, -0.2) is 4.79 Å². The second-order valence-electron chi connectivity index (χ2n) is 12.9. The monoisotopic (exact) mass is 574 g/mol. The number of amides is 4. The second kappa shape index (κ2) is 14.7. The molecule has 1 heterocycles. The number of hydrogen-bond acceptors (Lipinski definition) is 6. The number of likely N-dealkylation sites (N-methyl/N-ethyl adjacent to an activating group) is 1. The van der Waals surface area contributed by atoms with Gasteiger partial charge in [0.1, 0.15) is 5.60 Å². The number of carbonyl (C=O) groups excluding carboxylic acids is 4. The number of rotatable bonds is 13. The van der Waals surface area contributed by atoms with Crippen LogP contribution in [-0.4, -0.2) is 66.8 Å². The minimum absolute atomic E-state index is 0.119. The summed E-state index contributed by atoms with van der Waals surface area (Å²) in [6.07, 6.45) is 0.626. The summed E-state index contributed by atoms with van der Waals surface area (Å²) < 4.78 is 5.44. The molecule has 10 nitrogen and oxygen atoms in total. The number of aliphatic hydroxyl groups excluding tert-OH is 1. The zero-order chi connectivity index (χ0) is 31.0. The van der Waals surface area contributed by atoms with Crippen molar-refractivity contribution in [2.75, 3.05) is 25.0 Å². The number of fused-ring (bicyclic) bond motifs is 1. The van der Waals surface area contributed by atoms with Gasteiger partial charge in [-0.15, -0.1) is 0 Å². The normalized spacial score (nSPS) is 17.2. The van der Waals surface area contributed by atoms with Gasteiger partial charge in [0.2, 0.25) is 17.7 Å². The van der Waals surface area contributed by atoms with E-state index in [9.17, 15) is 24.3 Å². The average Bonchev–Trinajstić information content (AvgIpc) is 3.26. The van der Waals surface area contributed by atoms with Crippen molar-refractivity contribution < 1.29 is 29.0 Å². The molecular formula is C31H50N4O6. The standard InChI is InChI=1S/C31H50N4O6/c1-9-10-15-33-27(38)20(2)16-25(36)23(34-29(40)41-30(3,4)5)17-31(6,7)18-26(37)35-19-22(28(39)32-8)21-13-11-12-14-24(21)35/h11-14,20,22-23,25,36H,9-10,15-19H2,1-8H3,(H,32,39)(H,33,38)(H,34,40)/t20-,22?,23+,25+/m1/s1. The van der Waals surface area contributed by atoms with E-state index in [-0.39, 0.29) is 43.5 Å². The number of nitrogens with one attached hydrogen (secondary N) is 3. The van der Waals surface area contributed by atoms with Crippen LogP contribution in [0.25, 0.3) is 0 Å². The number of para-hydroxylation sites is 1. The molecule has 1 unspecified atom stereocenters. The van der Waals surface area contributed by atoms with E-state index >= 15 is 0 Å². The number of hydrogen-bond donors (Lipinski definition) is 4. The van der Waals surface area contributed by atoms with Crippen molar-refractivity contribution in [2.24, 2.45) is 11.3 Å². The third kappa shape index (κ3) is 10.3. The zero-order valence-corrected chi connectivity index (χ0v) is 26.0. The quantitative estimate of drug-likeness (QED) is 0.264. The first kappa shape index (κ1) is 34.1. The van der Waals surface area contributed by atoms with Crippen molar-refractivity contribution >= 4 is 29.5 Å². The molecule has 0 spiro atoms. The van der Waals surface area contributed by atoms with Gasteiger partial charge >= 0.3 is 6.09 Å². The molecule has 1 aliphatic heterocycles. The maximum absolute atomic E-state index is 13.6. The van der Waals surface area contributed by atoms with Crippen LogP contribution >= 0.6 is 0 Å². The molecule has 0 saturated carbocycles. The van der Waals surface area contributed by atoms with Gasteiger partial charge in [-0.1, -0.05) is 52.3 Å². The summed E-state index contributed by atoms with van der Waals surface area (Å²) in [5.41, 5.74) is 0.143. The summed E-state index contributed by atoms with van der Waals surface area (Å²) in [5, 5.41) is 19.6. The van der Waals surface area contributed by atoms with Crippen LogP contribution in [0.15, 0.2) is 24.3 Å². The van der Waals surface area contributed by atoms with Crippen molar-refractivity contribution in [3.05, 3.63) is 29.8 Å². The molecule has 0 aromatic heterocycles. The van der Waals surface area contributed by atoms with E-state index in [1.165, 1.54) is 0 Å². The number of carbonyl (C=O) groups is 4. The van der Waals surface area contributed by atoms with E-state index in [4.69, 9.17) is 4.74 Å². The molecule has 2 rings (SSSR count). The van der Waals surface area contributed by atoms with Gasteiger partial charge in [-0.3, -0.25) is 14.4 Å². The highest BCUT2D eigenvalue weighted by Gasteiger charge is 2.39. The topological polar surface area (TPSA) is 137 Å². The van der Waals surface area contributed by atoms with Gasteiger partial charge in [0, 0.05) is 38.2 Å².